The van der Waals surface area contributed by atoms with E-state index in [9.17, 15) is 25.9 Å². The van der Waals surface area contributed by atoms with Crippen molar-refractivity contribution in [3.8, 4) is 0 Å². The Morgan fingerprint density at radius 2 is 1.11 bits per heavy atom. The van der Waals surface area contributed by atoms with Crippen molar-refractivity contribution in [2.75, 3.05) is 60.6 Å². The van der Waals surface area contributed by atoms with Gasteiger partial charge in [-0.05, 0) is 67.5 Å². The molecule has 13 heteroatoms. The zero-order valence-electron chi connectivity index (χ0n) is 31.7. The summed E-state index contributed by atoms with van der Waals surface area (Å²) in [6.45, 7) is 13.2. The number of allylic oxidation sites excluding steroid dienone is 8. The first-order valence-corrected chi connectivity index (χ1v) is 21.5. The average Bonchev–Trinajstić information content (AvgIpc) is 3.44. The molecule has 1 saturated carbocycles. The van der Waals surface area contributed by atoms with Gasteiger partial charge in [0.05, 0.1) is 33.3 Å². The molecule has 1 saturated heterocycles. The number of piperazine rings is 1. The molecule has 280 valence electrons. The van der Waals surface area contributed by atoms with Crippen molar-refractivity contribution in [2.45, 2.75) is 70.6 Å². The molecule has 0 bridgehead atoms. The van der Waals surface area contributed by atoms with Crippen LogP contribution in [0.25, 0.3) is 0 Å². The van der Waals surface area contributed by atoms with Crippen molar-refractivity contribution in [3.63, 3.8) is 0 Å². The zero-order valence-corrected chi connectivity index (χ0v) is 35.4. The van der Waals surface area contributed by atoms with E-state index in [-0.39, 0.29) is 53.2 Å². The van der Waals surface area contributed by atoms with E-state index >= 15 is 0 Å². The Hall–Kier alpha value is -2.55. The minimum Gasteiger partial charge on any atom is -0.748 e. The molecule has 10 nitrogen and oxygen atoms in total. The van der Waals surface area contributed by atoms with Gasteiger partial charge in [0.1, 0.15) is 0 Å². The van der Waals surface area contributed by atoms with Crippen LogP contribution in [-0.2, 0) is 31.1 Å². The Morgan fingerprint density at radius 1 is 0.698 bits per heavy atom. The Morgan fingerprint density at radius 3 is 1.53 bits per heavy atom. The number of anilines is 2. The van der Waals surface area contributed by atoms with Crippen LogP contribution >= 0.6 is 0 Å². The summed E-state index contributed by atoms with van der Waals surface area (Å²) in [5.74, 6) is -0.801. The first kappa shape index (κ1) is 41.6. The molecule has 0 radical (unpaired) electrons. The summed E-state index contributed by atoms with van der Waals surface area (Å²) in [5.41, 5.74) is 9.68. The predicted octanol–water partition coefficient (Wildman–Crippen LogP) is 2.32. The third kappa shape index (κ3) is 9.29. The minimum atomic E-state index is -4.32. The van der Waals surface area contributed by atoms with Crippen LogP contribution in [0, 0.1) is 0 Å². The third-order valence-electron chi connectivity index (χ3n) is 11.0. The molecule has 6 rings (SSSR count). The molecule has 1 aliphatic carbocycles. The molecule has 1 N–H and O–H groups in total. The van der Waals surface area contributed by atoms with Crippen molar-refractivity contribution >= 4 is 37.3 Å². The van der Waals surface area contributed by atoms with Crippen LogP contribution in [0.15, 0.2) is 95.4 Å². The van der Waals surface area contributed by atoms with Gasteiger partial charge < -0.3 is 24.2 Å². The molecule has 0 amide bonds. The molecular weight excluding hydrogens is 720 g/mol. The van der Waals surface area contributed by atoms with Gasteiger partial charge in [0.2, 0.25) is 5.71 Å². The van der Waals surface area contributed by atoms with Crippen LogP contribution in [0.2, 0.25) is 0 Å². The SMILES string of the molecule is CC1(C)/C(=C\C=C2/CCC/C(=C\C=C3\N(CCCS(=O)(=O)[O-])c4ccccc4C3(C)C)C2=[N+]2CCNCC2)N(CCCS(=O)(=O)[O-])c2ccccc21.[Na+]. The predicted molar refractivity (Wildman–Crippen MR) is 206 cm³/mol. The molecule has 2 fully saturated rings. The van der Waals surface area contributed by atoms with E-state index in [2.05, 4.69) is 96.0 Å². The Bertz CT molecular complexity index is 1940. The van der Waals surface area contributed by atoms with Crippen LogP contribution < -0.4 is 44.7 Å². The van der Waals surface area contributed by atoms with E-state index in [1.165, 1.54) is 28.0 Å². The van der Waals surface area contributed by atoms with Crippen molar-refractivity contribution < 1.29 is 60.1 Å². The van der Waals surface area contributed by atoms with Crippen molar-refractivity contribution in [3.05, 3.63) is 107 Å². The summed E-state index contributed by atoms with van der Waals surface area (Å²) in [7, 11) is -8.63. The molecular formula is C40H51N4NaO6S2. The summed E-state index contributed by atoms with van der Waals surface area (Å²) in [4.78, 5) is 4.36. The summed E-state index contributed by atoms with van der Waals surface area (Å²) in [6.07, 6.45) is 12.2. The van der Waals surface area contributed by atoms with Gasteiger partial charge in [-0.1, -0.05) is 76.2 Å². The Labute approximate surface area is 338 Å². The maximum absolute atomic E-state index is 11.5. The molecule has 0 unspecified atom stereocenters. The smallest absolute Gasteiger partial charge is 0.748 e. The number of para-hydroxylation sites is 2. The summed E-state index contributed by atoms with van der Waals surface area (Å²) in [5, 5.41) is 3.49. The fourth-order valence-corrected chi connectivity index (χ4v) is 9.42. The maximum atomic E-state index is 11.5. The second-order valence-corrected chi connectivity index (χ2v) is 18.3. The molecule has 0 atom stereocenters. The largest absolute Gasteiger partial charge is 1.00 e. The summed E-state index contributed by atoms with van der Waals surface area (Å²) >= 11 is 0. The van der Waals surface area contributed by atoms with Gasteiger partial charge in [-0.2, -0.15) is 0 Å². The zero-order chi connectivity index (χ0) is 37.3. The van der Waals surface area contributed by atoms with Crippen molar-refractivity contribution in [2.24, 2.45) is 0 Å². The van der Waals surface area contributed by atoms with Crippen LogP contribution in [0.4, 0.5) is 11.4 Å². The molecule has 2 aromatic rings. The van der Waals surface area contributed by atoms with Gasteiger partial charge in [0.15, 0.2) is 13.1 Å². The number of fused-ring (bicyclic) bond motifs is 2. The minimum absolute atomic E-state index is 0. The van der Waals surface area contributed by atoms with Gasteiger partial charge in [0, 0.05) is 69.3 Å². The number of hydrogen-bond acceptors (Lipinski definition) is 9. The molecule has 3 heterocycles. The number of nitrogens with one attached hydrogen (secondary N) is 1. The fraction of sp³-hybridized carbons (Fsp3) is 0.475. The van der Waals surface area contributed by atoms with Gasteiger partial charge in [0.25, 0.3) is 0 Å². The molecule has 4 aliphatic rings. The molecule has 53 heavy (non-hydrogen) atoms. The molecule has 3 aliphatic heterocycles. The summed E-state index contributed by atoms with van der Waals surface area (Å²) < 4.78 is 71.4. The Balaban J connectivity index is 0.00000541. The van der Waals surface area contributed by atoms with E-state index in [0.717, 1.165) is 68.2 Å². The second kappa shape index (κ2) is 16.7. The number of hydrogen-bond donors (Lipinski definition) is 1. The van der Waals surface area contributed by atoms with Crippen LogP contribution in [0.3, 0.4) is 0 Å². The van der Waals surface area contributed by atoms with E-state index in [0.29, 0.717) is 13.1 Å². The average molecular weight is 771 g/mol. The topological polar surface area (TPSA) is 136 Å². The van der Waals surface area contributed by atoms with Gasteiger partial charge in [-0.15, -0.1) is 0 Å². The van der Waals surface area contributed by atoms with E-state index < -0.39 is 31.7 Å². The van der Waals surface area contributed by atoms with Crippen LogP contribution in [0.5, 0.6) is 0 Å². The molecule has 2 aromatic carbocycles. The van der Waals surface area contributed by atoms with Gasteiger partial charge in [-0.3, -0.25) is 0 Å². The van der Waals surface area contributed by atoms with Crippen LogP contribution in [0.1, 0.15) is 70.9 Å². The number of nitrogens with zero attached hydrogens (tertiary/aromatic N) is 3. The van der Waals surface area contributed by atoms with Crippen molar-refractivity contribution in [1.29, 1.82) is 0 Å². The quantitative estimate of drug-likeness (QED) is 0.220. The van der Waals surface area contributed by atoms with Gasteiger partial charge >= 0.3 is 29.6 Å². The van der Waals surface area contributed by atoms with Gasteiger partial charge in [-0.25, -0.2) is 21.4 Å². The molecule has 0 aromatic heterocycles. The number of rotatable bonds is 10. The summed E-state index contributed by atoms with van der Waals surface area (Å²) in [6, 6.07) is 16.4. The first-order valence-electron chi connectivity index (χ1n) is 18.4. The Kier molecular flexibility index (Phi) is 13.1. The second-order valence-electron chi connectivity index (χ2n) is 15.2. The first-order chi connectivity index (χ1) is 24.6. The van der Waals surface area contributed by atoms with Crippen molar-refractivity contribution in [1.82, 2.24) is 5.32 Å². The standard InChI is InChI=1S/C40H52N4O6S2.Na/c1-39(2)32-14-5-7-16-34(32)43(24-10-28-51(45,46)47)36(39)20-18-30-12-9-13-31(38(30)42-26-22-41-23-27-42)19-21-37-40(3,4)33-15-6-8-17-35(33)44(37)25-11-29-52(48,49)50;/h5-8,14-21,41H,9-13,22-29H2,1-4H3,(H-,45,46,47,48,49,50);/q;+1/p-1. The van der Waals surface area contributed by atoms with Crippen LogP contribution in [-0.4, -0.2) is 87.0 Å². The maximum Gasteiger partial charge on any atom is 1.00 e. The molecule has 0 spiro atoms. The third-order valence-corrected chi connectivity index (χ3v) is 12.5. The van der Waals surface area contributed by atoms with E-state index in [1.54, 1.807) is 0 Å². The number of benzene rings is 2. The van der Waals surface area contributed by atoms with E-state index in [4.69, 9.17) is 0 Å². The monoisotopic (exact) mass is 770 g/mol. The van der Waals surface area contributed by atoms with E-state index in [1.807, 2.05) is 24.3 Å². The fourth-order valence-electron chi connectivity index (χ4n) is 8.45. The normalized spacial score (nSPS) is 22.8.